The largest absolute Gasteiger partial charge is 0.491 e. The zero-order chi connectivity index (χ0) is 30.9. The third-order valence-electron chi connectivity index (χ3n) is 7.15. The number of hydrogen-bond donors (Lipinski definition) is 1. The van der Waals surface area contributed by atoms with Crippen LogP contribution in [-0.2, 0) is 25.5 Å². The molecule has 3 rings (SSSR count). The van der Waals surface area contributed by atoms with Crippen LogP contribution in [0.1, 0.15) is 69.9 Å². The molecule has 0 amide bonds. The van der Waals surface area contributed by atoms with Gasteiger partial charge in [0.1, 0.15) is 37.6 Å². The fourth-order valence-corrected chi connectivity index (χ4v) is 4.73. The van der Waals surface area contributed by atoms with Crippen LogP contribution in [-0.4, -0.2) is 57.5 Å². The number of benzene rings is 2. The maximum Gasteiger partial charge on any atom is 0.333 e. The molecule has 2 aromatic rings. The van der Waals surface area contributed by atoms with Crippen LogP contribution >= 0.6 is 0 Å². The van der Waals surface area contributed by atoms with Crippen molar-refractivity contribution in [1.82, 2.24) is 0 Å². The smallest absolute Gasteiger partial charge is 0.333 e. The summed E-state index contributed by atoms with van der Waals surface area (Å²) in [5.41, 5.74) is 5.28. The Morgan fingerprint density at radius 3 is 2.00 bits per heavy atom. The molecule has 1 aliphatic carbocycles. The number of methoxy groups -OCH3 is 1. The van der Waals surface area contributed by atoms with E-state index in [2.05, 4.69) is 44.3 Å². The van der Waals surface area contributed by atoms with Crippen molar-refractivity contribution < 1.29 is 33.6 Å². The second-order valence-corrected chi connectivity index (χ2v) is 10.9. The van der Waals surface area contributed by atoms with Gasteiger partial charge in [-0.05, 0) is 85.8 Å². The summed E-state index contributed by atoms with van der Waals surface area (Å²) in [5, 5.41) is 9.46. The SMILES string of the molecule is C=C(C)C(=O)OCCOc1cc(-c2ccc(C3CCC(C)CC3)cc2)cc(OCCOC)c1CCCO.C=C(C)C=O. The van der Waals surface area contributed by atoms with Crippen molar-refractivity contribution in [2.24, 2.45) is 5.92 Å². The van der Waals surface area contributed by atoms with Gasteiger partial charge in [-0.2, -0.15) is 0 Å². The molecule has 1 N–H and O–H groups in total. The number of allylic oxidation sites excluding steroid dienone is 1. The molecule has 0 atom stereocenters. The van der Waals surface area contributed by atoms with Gasteiger partial charge in [-0.1, -0.05) is 57.2 Å². The fourth-order valence-electron chi connectivity index (χ4n) is 4.73. The Balaban J connectivity index is 0.00000113. The van der Waals surface area contributed by atoms with Crippen LogP contribution in [0.15, 0.2) is 60.7 Å². The number of aliphatic hydroxyl groups excluding tert-OH is 1. The first-order valence-corrected chi connectivity index (χ1v) is 14.8. The number of ether oxygens (including phenoxy) is 4. The van der Waals surface area contributed by atoms with Gasteiger partial charge in [0, 0.05) is 24.9 Å². The lowest BCUT2D eigenvalue weighted by atomic mass is 9.79. The molecule has 0 radical (unpaired) electrons. The number of esters is 1. The normalized spacial score (nSPS) is 16.0. The molecule has 0 spiro atoms. The molecule has 1 saturated carbocycles. The van der Waals surface area contributed by atoms with Gasteiger partial charge >= 0.3 is 5.97 Å². The van der Waals surface area contributed by atoms with Crippen molar-refractivity contribution >= 4 is 12.3 Å². The Morgan fingerprint density at radius 2 is 1.50 bits per heavy atom. The highest BCUT2D eigenvalue weighted by Crippen LogP contribution is 2.39. The fraction of sp³-hybridized carbons (Fsp3) is 0.486. The minimum atomic E-state index is -0.436. The number of carbonyl (C=O) groups is 2. The lowest BCUT2D eigenvalue weighted by Gasteiger charge is -2.26. The maximum atomic E-state index is 11.7. The van der Waals surface area contributed by atoms with Crippen LogP contribution < -0.4 is 9.47 Å². The van der Waals surface area contributed by atoms with E-state index in [1.807, 2.05) is 12.1 Å². The van der Waals surface area contributed by atoms with Crippen LogP contribution in [0.3, 0.4) is 0 Å². The van der Waals surface area contributed by atoms with Gasteiger partial charge < -0.3 is 24.1 Å². The molecule has 2 aromatic carbocycles. The molecule has 42 heavy (non-hydrogen) atoms. The monoisotopic (exact) mass is 580 g/mol. The zero-order valence-electron chi connectivity index (χ0n) is 25.8. The van der Waals surface area contributed by atoms with Gasteiger partial charge in [0.2, 0.25) is 0 Å². The predicted molar refractivity (Wildman–Crippen MR) is 167 cm³/mol. The first-order chi connectivity index (χ1) is 20.2. The third kappa shape index (κ3) is 11.8. The van der Waals surface area contributed by atoms with Crippen molar-refractivity contribution in [2.75, 3.05) is 40.1 Å². The highest BCUT2D eigenvalue weighted by atomic mass is 16.6. The standard InChI is InChI=1S/C31H42O6.C4H6O/c1-22(2)31(33)37-19-18-36-30-21-27(20-29(35-17-16-34-4)28(30)6-5-15-32)26-13-11-25(12-14-26)24-9-7-23(3)8-10-24;1-4(2)3-5/h11-14,20-21,23-24,32H,1,5-10,15-19H2,2-4H3;3H,1H2,2H3. The molecule has 0 aromatic heterocycles. The van der Waals surface area contributed by atoms with Gasteiger partial charge in [-0.25, -0.2) is 4.79 Å². The van der Waals surface area contributed by atoms with E-state index in [1.165, 1.54) is 31.2 Å². The first-order valence-electron chi connectivity index (χ1n) is 14.8. The van der Waals surface area contributed by atoms with Crippen LogP contribution in [0.2, 0.25) is 0 Å². The van der Waals surface area contributed by atoms with Crippen molar-refractivity contribution in [2.45, 2.75) is 65.2 Å². The van der Waals surface area contributed by atoms with Crippen LogP contribution in [0, 0.1) is 5.92 Å². The van der Waals surface area contributed by atoms with Crippen molar-refractivity contribution in [3.8, 4) is 22.6 Å². The van der Waals surface area contributed by atoms with E-state index in [9.17, 15) is 14.7 Å². The summed E-state index contributed by atoms with van der Waals surface area (Å²) in [6.07, 6.45) is 7.00. The van der Waals surface area contributed by atoms with Crippen molar-refractivity contribution in [3.63, 3.8) is 0 Å². The van der Waals surface area contributed by atoms with Gasteiger partial charge in [0.05, 0.1) is 6.61 Å². The molecule has 7 nitrogen and oxygen atoms in total. The van der Waals surface area contributed by atoms with Crippen LogP contribution in [0.4, 0.5) is 0 Å². The summed E-state index contributed by atoms with van der Waals surface area (Å²) in [4.78, 5) is 21.1. The molecule has 1 fully saturated rings. The summed E-state index contributed by atoms with van der Waals surface area (Å²) in [6, 6.07) is 12.9. The molecule has 0 heterocycles. The van der Waals surface area contributed by atoms with Crippen LogP contribution in [0.5, 0.6) is 11.5 Å². The number of carbonyl (C=O) groups excluding carboxylic acids is 2. The van der Waals surface area contributed by atoms with Crippen molar-refractivity contribution in [1.29, 1.82) is 0 Å². The number of aliphatic hydroxyl groups is 1. The van der Waals surface area contributed by atoms with Crippen LogP contribution in [0.25, 0.3) is 11.1 Å². The zero-order valence-corrected chi connectivity index (χ0v) is 25.8. The molecule has 0 unspecified atom stereocenters. The van der Waals surface area contributed by atoms with Crippen molar-refractivity contribution in [3.05, 3.63) is 71.8 Å². The Morgan fingerprint density at radius 1 is 0.929 bits per heavy atom. The van der Waals surface area contributed by atoms with E-state index >= 15 is 0 Å². The maximum absolute atomic E-state index is 11.7. The highest BCUT2D eigenvalue weighted by Gasteiger charge is 2.20. The lowest BCUT2D eigenvalue weighted by Crippen LogP contribution is -2.14. The Bertz CT molecular complexity index is 1140. The molecule has 7 heteroatoms. The predicted octanol–water partition coefficient (Wildman–Crippen LogP) is 6.86. The van der Waals surface area contributed by atoms with E-state index in [0.29, 0.717) is 54.6 Å². The average Bonchev–Trinajstić information content (AvgIpc) is 2.99. The van der Waals surface area contributed by atoms with E-state index in [4.69, 9.17) is 18.9 Å². The summed E-state index contributed by atoms with van der Waals surface area (Å²) >= 11 is 0. The number of aldehydes is 1. The molecule has 1 aliphatic rings. The Labute approximate surface area is 251 Å². The van der Waals surface area contributed by atoms with E-state index < -0.39 is 5.97 Å². The molecule has 0 saturated heterocycles. The minimum Gasteiger partial charge on any atom is -0.491 e. The topological polar surface area (TPSA) is 91.3 Å². The van der Waals surface area contributed by atoms with E-state index in [1.54, 1.807) is 21.0 Å². The Kier molecular flexibility index (Phi) is 15.7. The van der Waals surface area contributed by atoms with Gasteiger partial charge in [0.15, 0.2) is 0 Å². The van der Waals surface area contributed by atoms with E-state index in [0.717, 1.165) is 28.9 Å². The summed E-state index contributed by atoms with van der Waals surface area (Å²) in [5.74, 6) is 2.41. The minimum absolute atomic E-state index is 0.0658. The number of hydrogen-bond acceptors (Lipinski definition) is 7. The molecular formula is C35H48O7. The second kappa shape index (κ2) is 18.9. The highest BCUT2D eigenvalue weighted by molar-refractivity contribution is 5.86. The third-order valence-corrected chi connectivity index (χ3v) is 7.15. The molecule has 230 valence electrons. The lowest BCUT2D eigenvalue weighted by molar-refractivity contribution is -0.139. The Hall–Kier alpha value is -3.42. The average molecular weight is 581 g/mol. The number of rotatable bonds is 15. The summed E-state index contributed by atoms with van der Waals surface area (Å²) in [7, 11) is 1.64. The van der Waals surface area contributed by atoms with Gasteiger partial charge in [-0.15, -0.1) is 0 Å². The second-order valence-electron chi connectivity index (χ2n) is 10.9. The quantitative estimate of drug-likeness (QED) is 0.107. The molecular weight excluding hydrogens is 532 g/mol. The van der Waals surface area contributed by atoms with Gasteiger partial charge in [0.25, 0.3) is 0 Å². The van der Waals surface area contributed by atoms with Gasteiger partial charge in [-0.3, -0.25) is 4.79 Å². The van der Waals surface area contributed by atoms with E-state index in [-0.39, 0.29) is 19.8 Å². The summed E-state index contributed by atoms with van der Waals surface area (Å²) < 4.78 is 22.6. The summed E-state index contributed by atoms with van der Waals surface area (Å²) in [6.45, 7) is 13.8. The first kappa shape index (κ1) is 34.8. The molecule has 0 bridgehead atoms. The molecule has 0 aliphatic heterocycles.